The number of alkyl halides is 3. The molecule has 0 saturated heterocycles. The molecule has 1 atom stereocenters. The van der Waals surface area contributed by atoms with E-state index in [2.05, 4.69) is 27.2 Å². The first-order valence-electron chi connectivity index (χ1n) is 6.60. The smallest absolute Gasteiger partial charge is 0.426 e. The van der Waals surface area contributed by atoms with Gasteiger partial charge in [-0.3, -0.25) is 4.55 Å². The molecule has 0 saturated carbocycles. The lowest BCUT2D eigenvalue weighted by atomic mass is 10.2. The molecule has 0 aliphatic rings. The molecule has 7 nitrogen and oxygen atoms in total. The minimum Gasteiger partial charge on any atom is -0.448 e. The number of rotatable bonds is 6. The Morgan fingerprint density at radius 3 is 2.35 bits per heavy atom. The highest BCUT2D eigenvalue weighted by molar-refractivity contribution is 9.10. The van der Waals surface area contributed by atoms with E-state index in [9.17, 15) is 31.2 Å². The lowest BCUT2D eigenvalue weighted by molar-refractivity contribution is -0.197. The zero-order chi connectivity index (χ0) is 20.3. The van der Waals surface area contributed by atoms with Gasteiger partial charge in [-0.1, -0.05) is 22.5 Å². The predicted octanol–water partition coefficient (Wildman–Crippen LogP) is 2.91. The van der Waals surface area contributed by atoms with E-state index in [-0.39, 0.29) is 15.8 Å². The van der Waals surface area contributed by atoms with Crippen LogP contribution in [0.2, 0.25) is 0 Å². The van der Waals surface area contributed by atoms with Gasteiger partial charge in [0.05, 0.1) is 5.56 Å². The van der Waals surface area contributed by atoms with Crippen LogP contribution in [0.5, 0.6) is 5.75 Å². The third-order valence-corrected chi connectivity index (χ3v) is 3.82. The van der Waals surface area contributed by atoms with Gasteiger partial charge in [0.25, 0.3) is 10.1 Å². The maximum Gasteiger partial charge on any atom is 0.426 e. The Kier molecular flexibility index (Phi) is 6.96. The number of esters is 2. The summed E-state index contributed by atoms with van der Waals surface area (Å²) in [5.41, 5.74) is -0.409. The van der Waals surface area contributed by atoms with Crippen molar-refractivity contribution in [3.8, 4) is 5.75 Å². The summed E-state index contributed by atoms with van der Waals surface area (Å²) in [6.45, 7) is 4.71. The Morgan fingerprint density at radius 2 is 1.88 bits per heavy atom. The number of hydrogen-bond acceptors (Lipinski definition) is 6. The largest absolute Gasteiger partial charge is 0.448 e. The summed E-state index contributed by atoms with van der Waals surface area (Å²) in [6.07, 6.45) is -8.31. The number of ether oxygens (including phenoxy) is 2. The molecular formula is C14H12BrF3O7S. The van der Waals surface area contributed by atoms with Crippen LogP contribution in [-0.4, -0.2) is 42.9 Å². The van der Waals surface area contributed by atoms with Gasteiger partial charge in [-0.15, -0.1) is 0 Å². The lowest BCUT2D eigenvalue weighted by Gasteiger charge is -2.19. The summed E-state index contributed by atoms with van der Waals surface area (Å²) in [7, 11) is -5.06. The first-order valence-corrected chi connectivity index (χ1v) is 9.00. The molecule has 1 unspecified atom stereocenters. The van der Waals surface area contributed by atoms with Gasteiger partial charge >= 0.3 is 18.1 Å². The van der Waals surface area contributed by atoms with Crippen LogP contribution in [0.3, 0.4) is 0 Å². The van der Waals surface area contributed by atoms with E-state index in [1.54, 1.807) is 0 Å². The molecule has 0 bridgehead atoms. The SMILES string of the molecule is C=C(C)C(=O)Oc1cc(Br)cc(C(=O)OC(CS(=O)(=O)O)C(F)(F)F)c1. The Balaban J connectivity index is 3.09. The zero-order valence-corrected chi connectivity index (χ0v) is 15.4. The molecule has 1 N–H and O–H groups in total. The zero-order valence-electron chi connectivity index (χ0n) is 13.0. The first-order chi connectivity index (χ1) is 11.7. The van der Waals surface area contributed by atoms with Gasteiger partial charge in [0, 0.05) is 10.0 Å². The van der Waals surface area contributed by atoms with E-state index in [0.29, 0.717) is 0 Å². The highest BCUT2D eigenvalue weighted by Gasteiger charge is 2.45. The average Bonchev–Trinajstić information content (AvgIpc) is 2.43. The van der Waals surface area contributed by atoms with E-state index in [4.69, 9.17) is 9.29 Å². The third kappa shape index (κ3) is 7.14. The molecule has 0 aliphatic heterocycles. The maximum atomic E-state index is 12.8. The molecule has 0 heterocycles. The molecule has 144 valence electrons. The van der Waals surface area contributed by atoms with Crippen LogP contribution in [0.15, 0.2) is 34.8 Å². The predicted molar refractivity (Wildman–Crippen MR) is 86.3 cm³/mol. The first kappa shape index (κ1) is 22.1. The van der Waals surface area contributed by atoms with Gasteiger partial charge < -0.3 is 9.47 Å². The Labute approximate surface area is 154 Å². The summed E-state index contributed by atoms with van der Waals surface area (Å²) in [4.78, 5) is 23.4. The number of benzene rings is 1. The number of hydrogen-bond donors (Lipinski definition) is 1. The average molecular weight is 461 g/mol. The summed E-state index contributed by atoms with van der Waals surface area (Å²) in [6, 6.07) is 3.26. The molecule has 0 amide bonds. The van der Waals surface area contributed by atoms with Crippen LogP contribution in [-0.2, 0) is 19.6 Å². The van der Waals surface area contributed by atoms with Crippen molar-refractivity contribution >= 4 is 38.0 Å². The van der Waals surface area contributed by atoms with Gasteiger partial charge in [-0.2, -0.15) is 21.6 Å². The Hall–Kier alpha value is -1.92. The normalized spacial score (nSPS) is 13.0. The second kappa shape index (κ2) is 8.18. The summed E-state index contributed by atoms with van der Waals surface area (Å²) >= 11 is 2.98. The van der Waals surface area contributed by atoms with E-state index >= 15 is 0 Å². The van der Waals surface area contributed by atoms with Gasteiger partial charge in [0.2, 0.25) is 6.10 Å². The highest BCUT2D eigenvalue weighted by atomic mass is 79.9. The van der Waals surface area contributed by atoms with Crippen LogP contribution in [0.25, 0.3) is 0 Å². The van der Waals surface area contributed by atoms with Crippen LogP contribution < -0.4 is 4.74 Å². The number of carbonyl (C=O) groups excluding carboxylic acids is 2. The minimum atomic E-state index is -5.23. The topological polar surface area (TPSA) is 107 Å². The van der Waals surface area contributed by atoms with Crippen LogP contribution >= 0.6 is 15.9 Å². The molecule has 1 aromatic carbocycles. The summed E-state index contributed by atoms with van der Waals surface area (Å²) in [5.74, 6) is -4.40. The van der Waals surface area contributed by atoms with Crippen molar-refractivity contribution < 1.29 is 45.2 Å². The quantitative estimate of drug-likeness (QED) is 0.301. The van der Waals surface area contributed by atoms with Crippen LogP contribution in [0.1, 0.15) is 17.3 Å². The molecular weight excluding hydrogens is 449 g/mol. The van der Waals surface area contributed by atoms with Crippen molar-refractivity contribution in [2.45, 2.75) is 19.2 Å². The molecule has 0 aliphatic carbocycles. The van der Waals surface area contributed by atoms with E-state index in [1.807, 2.05) is 0 Å². The number of carbonyl (C=O) groups is 2. The molecule has 12 heteroatoms. The molecule has 1 aromatic rings. The van der Waals surface area contributed by atoms with Gasteiger partial charge in [0.1, 0.15) is 11.5 Å². The minimum absolute atomic E-state index is 0.0411. The summed E-state index contributed by atoms with van der Waals surface area (Å²) in [5, 5.41) is 0. The number of halogens is 4. The van der Waals surface area contributed by atoms with Crippen molar-refractivity contribution in [1.82, 2.24) is 0 Å². The molecule has 0 aromatic heterocycles. The summed E-state index contributed by atoms with van der Waals surface area (Å²) < 4.78 is 77.6. The Morgan fingerprint density at radius 1 is 1.31 bits per heavy atom. The fourth-order valence-electron chi connectivity index (χ4n) is 1.52. The maximum absolute atomic E-state index is 12.8. The third-order valence-electron chi connectivity index (χ3n) is 2.64. The second-order valence-corrected chi connectivity index (χ2v) is 7.44. The molecule has 1 rings (SSSR count). The van der Waals surface area contributed by atoms with Gasteiger partial charge in [-0.05, 0) is 25.1 Å². The molecule has 0 spiro atoms. The lowest BCUT2D eigenvalue weighted by Crippen LogP contribution is -2.39. The van der Waals surface area contributed by atoms with Crippen molar-refractivity contribution in [2.24, 2.45) is 0 Å². The fraction of sp³-hybridized carbons (Fsp3) is 0.286. The van der Waals surface area contributed by atoms with E-state index in [1.165, 1.54) is 13.0 Å². The van der Waals surface area contributed by atoms with Gasteiger partial charge in [-0.25, -0.2) is 9.59 Å². The molecule has 0 fully saturated rings. The van der Waals surface area contributed by atoms with Gasteiger partial charge in [0.15, 0.2) is 0 Å². The van der Waals surface area contributed by atoms with Crippen LogP contribution in [0, 0.1) is 0 Å². The van der Waals surface area contributed by atoms with Crippen molar-refractivity contribution in [2.75, 3.05) is 5.75 Å². The highest BCUT2D eigenvalue weighted by Crippen LogP contribution is 2.27. The fourth-order valence-corrected chi connectivity index (χ4v) is 2.63. The van der Waals surface area contributed by atoms with Crippen molar-refractivity contribution in [3.05, 3.63) is 40.4 Å². The van der Waals surface area contributed by atoms with Crippen LogP contribution in [0.4, 0.5) is 13.2 Å². The monoisotopic (exact) mass is 460 g/mol. The van der Waals surface area contributed by atoms with E-state index in [0.717, 1.165) is 12.1 Å². The van der Waals surface area contributed by atoms with E-state index < -0.39 is 45.7 Å². The Bertz CT molecular complexity index is 833. The molecule has 26 heavy (non-hydrogen) atoms. The van der Waals surface area contributed by atoms with Crippen molar-refractivity contribution in [3.63, 3.8) is 0 Å². The standard InChI is InChI=1S/C14H12BrF3O7S/c1-7(2)12(19)24-10-4-8(3-9(15)5-10)13(20)25-11(14(16,17)18)6-26(21,22)23/h3-5,11H,1,6H2,2H3,(H,21,22,23). The second-order valence-electron chi connectivity index (χ2n) is 5.03. The molecule has 0 radical (unpaired) electrons. The van der Waals surface area contributed by atoms with Crippen molar-refractivity contribution in [1.29, 1.82) is 0 Å².